The van der Waals surface area contributed by atoms with Crippen molar-refractivity contribution in [1.29, 1.82) is 0 Å². The van der Waals surface area contributed by atoms with Crippen molar-refractivity contribution in [2.45, 2.75) is 25.9 Å². The average molecular weight is 516 g/mol. The molecule has 1 aromatic rings. The molecule has 1 aliphatic rings. The molecule has 0 N–H and O–H groups in total. The first-order valence-corrected chi connectivity index (χ1v) is 24.8. The third-order valence-corrected chi connectivity index (χ3v) is 2.03. The van der Waals surface area contributed by atoms with Crippen LogP contribution < -0.4 is 0 Å². The molecule has 10 heteroatoms. The first kappa shape index (κ1) is 19.4. The fourth-order valence-electron chi connectivity index (χ4n) is 1.24. The molecule has 0 aliphatic carbocycles. The molecule has 2 heterocycles. The summed E-state index contributed by atoms with van der Waals surface area (Å²) in [7, 11) is 25.0. The molecule has 0 saturated heterocycles. The molecule has 20 heavy (non-hydrogen) atoms. The third kappa shape index (κ3) is 11.0. The van der Waals surface area contributed by atoms with Crippen LogP contribution in [-0.2, 0) is 4.74 Å². The van der Waals surface area contributed by atoms with Crippen molar-refractivity contribution in [1.82, 2.24) is 0 Å². The third-order valence-electron chi connectivity index (χ3n) is 2.03. The number of rotatable bonds is 1. The van der Waals surface area contributed by atoms with Crippen LogP contribution in [0.5, 0.6) is 0 Å². The van der Waals surface area contributed by atoms with Gasteiger partial charge in [-0.25, -0.2) is 0 Å². The summed E-state index contributed by atoms with van der Waals surface area (Å²) < 4.78 is 16.2. The van der Waals surface area contributed by atoms with Crippen LogP contribution in [0.25, 0.3) is 0 Å². The number of cyclic esters (lactones) is 1. The number of ether oxygens (including phenoxy) is 1. The zero-order valence-corrected chi connectivity index (χ0v) is 17.7. The number of furan rings is 1. The fraction of sp³-hybridized carbons (Fsp3) is 0.500. The van der Waals surface area contributed by atoms with Crippen LogP contribution in [0.1, 0.15) is 30.5 Å². The molecule has 1 aromatic heterocycles. The van der Waals surface area contributed by atoms with E-state index in [9.17, 15) is 0 Å². The standard InChI is InChI=1S/C10H13O3.6ClH.Sb/c1-10(2)5-7-12-9(13-10)8-4-3-6-11-8;;;;;;;/h3-4,6H,5,7H2,1-2H3;6*1H;/q+1;;;;;;;+5/p-6. The van der Waals surface area contributed by atoms with Gasteiger partial charge in [-0.2, -0.15) is 0 Å². The molecule has 0 amide bonds. The van der Waals surface area contributed by atoms with E-state index in [1.165, 1.54) is 0 Å². The van der Waals surface area contributed by atoms with E-state index in [1.54, 1.807) is 6.26 Å². The van der Waals surface area contributed by atoms with Gasteiger partial charge in [0.1, 0.15) is 0 Å². The van der Waals surface area contributed by atoms with E-state index >= 15 is 0 Å². The van der Waals surface area contributed by atoms with Gasteiger partial charge in [0.15, 0.2) is 6.61 Å². The maximum atomic E-state index is 5.62. The Morgan fingerprint density at radius 2 is 1.70 bits per heavy atom. The van der Waals surface area contributed by atoms with Crippen LogP contribution in [0.3, 0.4) is 0 Å². The molecule has 1 aliphatic heterocycles. The Hall–Kier alpha value is 1.31. The van der Waals surface area contributed by atoms with Crippen molar-refractivity contribution >= 4 is 68.1 Å². The van der Waals surface area contributed by atoms with E-state index < -0.39 is 9.14 Å². The molecule has 0 saturated carbocycles. The second-order valence-electron chi connectivity index (χ2n) is 4.68. The van der Waals surface area contributed by atoms with E-state index in [0.717, 1.165) is 6.42 Å². The first-order chi connectivity index (χ1) is 8.62. The van der Waals surface area contributed by atoms with E-state index in [4.69, 9.17) is 66.6 Å². The number of esters is 1. The van der Waals surface area contributed by atoms with Crippen LogP contribution in [-0.4, -0.2) is 27.3 Å². The second kappa shape index (κ2) is 5.74. The van der Waals surface area contributed by atoms with Crippen molar-refractivity contribution in [3.63, 3.8) is 0 Å². The number of halogens is 6. The monoisotopic (exact) mass is 512 g/mol. The maximum absolute atomic E-state index is 5.62. The van der Waals surface area contributed by atoms with Crippen molar-refractivity contribution in [3.05, 3.63) is 24.2 Å². The molecular weight excluding hydrogens is 503 g/mol. The summed E-state index contributed by atoms with van der Waals surface area (Å²) in [4.78, 5) is 0. The predicted octanol–water partition coefficient (Wildman–Crippen LogP) is 5.91. The van der Waals surface area contributed by atoms with Gasteiger partial charge in [-0.3, -0.25) is 0 Å². The van der Waals surface area contributed by atoms with Crippen molar-refractivity contribution < 1.29 is 13.6 Å². The summed E-state index contributed by atoms with van der Waals surface area (Å²) in [5.74, 6) is 1.16. The van der Waals surface area contributed by atoms with E-state index in [0.29, 0.717) is 18.3 Å². The number of hydrogen-bond acceptors (Lipinski definition) is 2. The molecule has 3 nitrogen and oxygen atoms in total. The molecule has 2 rings (SSSR count). The van der Waals surface area contributed by atoms with Crippen LogP contribution in [0.15, 0.2) is 22.8 Å². The molecule has 0 aromatic carbocycles. The average Bonchev–Trinajstić information content (AvgIpc) is 2.62. The summed E-state index contributed by atoms with van der Waals surface area (Å²) in [5, 5.41) is 0. The Kier molecular flexibility index (Phi) is 5.56. The Balaban J connectivity index is 0.000000246. The van der Waals surface area contributed by atoms with Crippen LogP contribution in [0.2, 0.25) is 0 Å². The molecule has 0 radical (unpaired) electrons. The summed E-state index contributed by atoms with van der Waals surface area (Å²) in [5.41, 5.74) is -0.152. The molecule has 0 unspecified atom stereocenters. The van der Waals surface area contributed by atoms with Gasteiger partial charge >= 0.3 is 68.1 Å². The Morgan fingerprint density at radius 3 is 2.10 bits per heavy atom. The van der Waals surface area contributed by atoms with E-state index in [2.05, 4.69) is 0 Å². The van der Waals surface area contributed by atoms with Crippen LogP contribution in [0, 0.1) is 0 Å². The SMILES string of the molecule is CC1(C)CC[O+]=C(c2ccco2)O1.[Cl][Sb-]([Cl])([Cl])([Cl])([Cl])[Cl]. The van der Waals surface area contributed by atoms with Crippen molar-refractivity contribution in [2.75, 3.05) is 6.61 Å². The molecule has 0 bridgehead atoms. The van der Waals surface area contributed by atoms with Gasteiger partial charge in [-0.15, -0.1) is 0 Å². The molecule has 0 spiro atoms. The molecule has 0 fully saturated rings. The van der Waals surface area contributed by atoms with Gasteiger partial charge in [0, 0.05) is 13.8 Å². The summed E-state index contributed by atoms with van der Waals surface area (Å²) in [6, 6.07) is 3.65. The second-order valence-corrected chi connectivity index (χ2v) is 61.6. The molecular formula is C10H13Cl6O3Sb. The van der Waals surface area contributed by atoms with Crippen molar-refractivity contribution in [3.8, 4) is 0 Å². The molecule has 0 atom stereocenters. The Bertz CT molecular complexity index is 477. The van der Waals surface area contributed by atoms with E-state index in [1.807, 2.05) is 26.0 Å². The van der Waals surface area contributed by atoms with Gasteiger partial charge in [-0.1, -0.05) is 0 Å². The topological polar surface area (TPSA) is 33.7 Å². The van der Waals surface area contributed by atoms with Crippen molar-refractivity contribution in [2.24, 2.45) is 0 Å². The minimum atomic E-state index is -5.42. The molecule has 118 valence electrons. The van der Waals surface area contributed by atoms with Gasteiger partial charge in [0.2, 0.25) is 5.60 Å². The predicted molar refractivity (Wildman–Crippen MR) is 88.6 cm³/mol. The summed E-state index contributed by atoms with van der Waals surface area (Å²) in [6.45, 7) is 4.76. The van der Waals surface area contributed by atoms with Gasteiger partial charge in [0.05, 0.1) is 12.7 Å². The quantitative estimate of drug-likeness (QED) is 0.265. The van der Waals surface area contributed by atoms with Crippen LogP contribution in [0.4, 0.5) is 0 Å². The first-order valence-electron chi connectivity index (χ1n) is 5.41. The fourth-order valence-corrected chi connectivity index (χ4v) is 1.24. The van der Waals surface area contributed by atoms with Gasteiger partial charge in [0.25, 0.3) is 5.76 Å². The minimum absolute atomic E-state index is 0.152. The zero-order valence-electron chi connectivity index (χ0n) is 10.6. The van der Waals surface area contributed by atoms with Gasteiger partial charge in [-0.05, 0) is 12.1 Å². The van der Waals surface area contributed by atoms with Gasteiger partial charge < -0.3 is 13.6 Å². The normalized spacial score (nSPS) is 21.5. The van der Waals surface area contributed by atoms with E-state index in [-0.39, 0.29) is 5.60 Å². The summed E-state index contributed by atoms with van der Waals surface area (Å²) in [6.07, 6.45) is 2.51. The zero-order chi connectivity index (χ0) is 15.7. The Morgan fingerprint density at radius 1 is 1.15 bits per heavy atom. The Labute approximate surface area is 137 Å². The van der Waals surface area contributed by atoms with Crippen LogP contribution >= 0.6 is 53.0 Å². The summed E-state index contributed by atoms with van der Waals surface area (Å²) >= 11 is 0. The number of hydrogen-bond donors (Lipinski definition) is 0. The number of carbonyl (C=O) groups excluding carboxylic acids is 1.